The minimum Gasteiger partial charge on any atom is -0.480 e. The summed E-state index contributed by atoms with van der Waals surface area (Å²) in [6.07, 6.45) is 2.27. The van der Waals surface area contributed by atoms with E-state index in [0.717, 1.165) is 5.69 Å². The molecule has 1 aromatic heterocycles. The van der Waals surface area contributed by atoms with E-state index in [1.807, 2.05) is 13.8 Å². The van der Waals surface area contributed by atoms with Crippen LogP contribution in [0.15, 0.2) is 18.3 Å². The van der Waals surface area contributed by atoms with Crippen LogP contribution in [0.2, 0.25) is 0 Å². The lowest BCUT2D eigenvalue weighted by Gasteiger charge is -2.27. The molecule has 0 fully saturated rings. The minimum atomic E-state index is -1.01. The Kier molecular flexibility index (Phi) is 4.83. The fraction of sp³-hybridized carbons (Fsp3) is 0.462. The van der Waals surface area contributed by atoms with E-state index < -0.39 is 5.97 Å². The zero-order chi connectivity index (χ0) is 13.7. The van der Waals surface area contributed by atoms with Gasteiger partial charge < -0.3 is 10.0 Å². The highest BCUT2D eigenvalue weighted by Crippen LogP contribution is 2.11. The van der Waals surface area contributed by atoms with Gasteiger partial charge in [0.1, 0.15) is 6.54 Å². The molecule has 0 aromatic carbocycles. The summed E-state index contributed by atoms with van der Waals surface area (Å²) in [5, 5.41) is 8.87. The number of carbonyl (C=O) groups excluding carboxylic acids is 1. The Morgan fingerprint density at radius 1 is 1.50 bits per heavy atom. The molecule has 5 nitrogen and oxygen atoms in total. The second-order valence-corrected chi connectivity index (χ2v) is 4.27. The third kappa shape index (κ3) is 3.55. The molecule has 5 heteroatoms. The molecule has 0 aliphatic carbocycles. The lowest BCUT2D eigenvalue weighted by molar-refractivity contribution is -0.138. The molecule has 1 amide bonds. The summed E-state index contributed by atoms with van der Waals surface area (Å²) in [6.45, 7) is 5.27. The predicted molar refractivity (Wildman–Crippen MR) is 67.4 cm³/mol. The second kappa shape index (κ2) is 6.14. The van der Waals surface area contributed by atoms with E-state index in [4.69, 9.17) is 5.11 Å². The second-order valence-electron chi connectivity index (χ2n) is 4.27. The Labute approximate surface area is 106 Å². The number of hydrogen-bond acceptors (Lipinski definition) is 3. The number of pyridine rings is 1. The van der Waals surface area contributed by atoms with Gasteiger partial charge in [-0.05, 0) is 32.4 Å². The molecule has 0 saturated carbocycles. The smallest absolute Gasteiger partial charge is 0.323 e. The van der Waals surface area contributed by atoms with Crippen molar-refractivity contribution in [3.8, 4) is 0 Å². The summed E-state index contributed by atoms with van der Waals surface area (Å²) in [7, 11) is 0. The summed E-state index contributed by atoms with van der Waals surface area (Å²) in [5.74, 6) is -1.27. The Bertz CT molecular complexity index is 446. The van der Waals surface area contributed by atoms with Crippen LogP contribution < -0.4 is 0 Å². The molecule has 1 rings (SSSR count). The zero-order valence-electron chi connectivity index (χ0n) is 10.9. The van der Waals surface area contributed by atoms with E-state index in [1.54, 1.807) is 25.3 Å². The van der Waals surface area contributed by atoms with Crippen LogP contribution in [0, 0.1) is 6.92 Å². The normalized spacial score (nSPS) is 11.9. The summed E-state index contributed by atoms with van der Waals surface area (Å²) in [6, 6.07) is 3.16. The fourth-order valence-corrected chi connectivity index (χ4v) is 1.64. The van der Waals surface area contributed by atoms with Crippen LogP contribution in [0.25, 0.3) is 0 Å². The number of nitrogens with zero attached hydrogens (tertiary/aromatic N) is 2. The SMILES string of the molecule is CCC(C)N(CC(=O)O)C(=O)c1ccnc(C)c1. The van der Waals surface area contributed by atoms with Crippen molar-refractivity contribution in [2.75, 3.05) is 6.54 Å². The average Bonchev–Trinajstić information content (AvgIpc) is 2.34. The van der Waals surface area contributed by atoms with Gasteiger partial charge in [0.15, 0.2) is 0 Å². The van der Waals surface area contributed by atoms with Gasteiger partial charge in [-0.25, -0.2) is 0 Å². The Morgan fingerprint density at radius 2 is 2.17 bits per heavy atom. The topological polar surface area (TPSA) is 70.5 Å². The molecular weight excluding hydrogens is 232 g/mol. The molecule has 0 aliphatic heterocycles. The van der Waals surface area contributed by atoms with Crippen molar-refractivity contribution in [2.24, 2.45) is 0 Å². The number of aromatic nitrogens is 1. The van der Waals surface area contributed by atoms with Crippen LogP contribution in [0.4, 0.5) is 0 Å². The van der Waals surface area contributed by atoms with E-state index in [2.05, 4.69) is 4.98 Å². The maximum absolute atomic E-state index is 12.3. The van der Waals surface area contributed by atoms with Crippen LogP contribution in [0.5, 0.6) is 0 Å². The van der Waals surface area contributed by atoms with Gasteiger partial charge in [0.25, 0.3) is 5.91 Å². The minimum absolute atomic E-state index is 0.109. The van der Waals surface area contributed by atoms with Gasteiger partial charge in [-0.2, -0.15) is 0 Å². The summed E-state index contributed by atoms with van der Waals surface area (Å²) in [4.78, 5) is 28.5. The van der Waals surface area contributed by atoms with Gasteiger partial charge in [-0.15, -0.1) is 0 Å². The fourth-order valence-electron chi connectivity index (χ4n) is 1.64. The molecule has 1 unspecified atom stereocenters. The number of aliphatic carboxylic acids is 1. The molecule has 1 heterocycles. The van der Waals surface area contributed by atoms with Gasteiger partial charge in [-0.3, -0.25) is 14.6 Å². The van der Waals surface area contributed by atoms with Crippen LogP contribution >= 0.6 is 0 Å². The maximum atomic E-state index is 12.3. The number of amides is 1. The lowest BCUT2D eigenvalue weighted by atomic mass is 10.1. The van der Waals surface area contributed by atoms with Gasteiger partial charge in [0.2, 0.25) is 0 Å². The molecule has 0 radical (unpaired) electrons. The average molecular weight is 250 g/mol. The van der Waals surface area contributed by atoms with Crippen molar-refractivity contribution >= 4 is 11.9 Å². The molecule has 98 valence electrons. The first-order valence-electron chi connectivity index (χ1n) is 5.91. The first-order chi connectivity index (χ1) is 8.45. The standard InChI is InChI=1S/C13H18N2O3/c1-4-10(3)15(8-12(16)17)13(18)11-5-6-14-9(2)7-11/h5-7,10H,4,8H2,1-3H3,(H,16,17). The van der Waals surface area contributed by atoms with Crippen LogP contribution in [0.1, 0.15) is 36.3 Å². The molecule has 0 spiro atoms. The van der Waals surface area contributed by atoms with Crippen molar-refractivity contribution in [3.05, 3.63) is 29.6 Å². The van der Waals surface area contributed by atoms with E-state index in [0.29, 0.717) is 12.0 Å². The van der Waals surface area contributed by atoms with Crippen LogP contribution in [-0.4, -0.2) is 39.5 Å². The highest BCUT2D eigenvalue weighted by Gasteiger charge is 2.22. The molecule has 0 saturated heterocycles. The van der Waals surface area contributed by atoms with Gasteiger partial charge in [0.05, 0.1) is 0 Å². The zero-order valence-corrected chi connectivity index (χ0v) is 10.9. The van der Waals surface area contributed by atoms with Gasteiger partial charge in [0, 0.05) is 23.5 Å². The van der Waals surface area contributed by atoms with Crippen LogP contribution in [0.3, 0.4) is 0 Å². The van der Waals surface area contributed by atoms with Crippen molar-refractivity contribution in [2.45, 2.75) is 33.2 Å². The summed E-state index contributed by atoms with van der Waals surface area (Å²) in [5.41, 5.74) is 1.21. The largest absolute Gasteiger partial charge is 0.480 e. The maximum Gasteiger partial charge on any atom is 0.323 e. The number of aryl methyl sites for hydroxylation is 1. The predicted octanol–water partition coefficient (Wildman–Crippen LogP) is 1.72. The molecule has 1 aromatic rings. The van der Waals surface area contributed by atoms with E-state index in [9.17, 15) is 9.59 Å². The molecule has 1 N–H and O–H groups in total. The number of carboxylic acid groups (broad SMARTS) is 1. The van der Waals surface area contributed by atoms with E-state index in [-0.39, 0.29) is 18.5 Å². The van der Waals surface area contributed by atoms with Crippen molar-refractivity contribution in [1.29, 1.82) is 0 Å². The van der Waals surface area contributed by atoms with Crippen molar-refractivity contribution < 1.29 is 14.7 Å². The molecule has 0 aliphatic rings. The third-order valence-corrected chi connectivity index (χ3v) is 2.83. The van der Waals surface area contributed by atoms with Crippen molar-refractivity contribution in [3.63, 3.8) is 0 Å². The Balaban J connectivity index is 2.98. The van der Waals surface area contributed by atoms with Crippen LogP contribution in [-0.2, 0) is 4.79 Å². The number of hydrogen-bond donors (Lipinski definition) is 1. The van der Waals surface area contributed by atoms with E-state index >= 15 is 0 Å². The lowest BCUT2D eigenvalue weighted by Crippen LogP contribution is -2.41. The number of carboxylic acids is 1. The first kappa shape index (κ1) is 14.2. The Hall–Kier alpha value is -1.91. The summed E-state index contributed by atoms with van der Waals surface area (Å²) >= 11 is 0. The highest BCUT2D eigenvalue weighted by molar-refractivity contribution is 5.96. The number of rotatable bonds is 5. The molecule has 0 bridgehead atoms. The van der Waals surface area contributed by atoms with E-state index in [1.165, 1.54) is 4.90 Å². The van der Waals surface area contributed by atoms with Crippen molar-refractivity contribution in [1.82, 2.24) is 9.88 Å². The van der Waals surface area contributed by atoms with Gasteiger partial charge >= 0.3 is 5.97 Å². The first-order valence-corrected chi connectivity index (χ1v) is 5.91. The highest BCUT2D eigenvalue weighted by atomic mass is 16.4. The number of carbonyl (C=O) groups is 2. The quantitative estimate of drug-likeness (QED) is 0.863. The molecule has 18 heavy (non-hydrogen) atoms. The molecular formula is C13H18N2O3. The molecule has 1 atom stereocenters. The monoisotopic (exact) mass is 250 g/mol. The summed E-state index contributed by atoms with van der Waals surface area (Å²) < 4.78 is 0. The van der Waals surface area contributed by atoms with Gasteiger partial charge in [-0.1, -0.05) is 6.92 Å². The Morgan fingerprint density at radius 3 is 2.67 bits per heavy atom. The third-order valence-electron chi connectivity index (χ3n) is 2.83.